The van der Waals surface area contributed by atoms with E-state index in [1.807, 2.05) is 36.1 Å². The van der Waals surface area contributed by atoms with Crippen LogP contribution in [-0.4, -0.2) is 72.0 Å². The van der Waals surface area contributed by atoms with E-state index in [-0.39, 0.29) is 23.6 Å². The van der Waals surface area contributed by atoms with Crippen molar-refractivity contribution in [3.05, 3.63) is 51.9 Å². The summed E-state index contributed by atoms with van der Waals surface area (Å²) in [6.07, 6.45) is 6.09. The number of benzene rings is 1. The first-order valence-corrected chi connectivity index (χ1v) is 12.5. The van der Waals surface area contributed by atoms with Gasteiger partial charge in [-0.05, 0) is 56.9 Å². The van der Waals surface area contributed by atoms with Gasteiger partial charge in [0.25, 0.3) is 5.56 Å². The van der Waals surface area contributed by atoms with Gasteiger partial charge in [-0.3, -0.25) is 9.59 Å². The molecule has 0 saturated carbocycles. The third-order valence-corrected chi connectivity index (χ3v) is 7.76. The molecule has 0 aliphatic carbocycles. The van der Waals surface area contributed by atoms with Gasteiger partial charge in [0.2, 0.25) is 5.91 Å². The molecule has 35 heavy (non-hydrogen) atoms. The smallest absolute Gasteiger partial charge is 0.269 e. The normalized spacial score (nSPS) is 23.5. The summed E-state index contributed by atoms with van der Waals surface area (Å²) in [6, 6.07) is 10.7. The van der Waals surface area contributed by atoms with Crippen LogP contribution in [0.2, 0.25) is 0 Å². The first-order chi connectivity index (χ1) is 17.1. The van der Waals surface area contributed by atoms with Gasteiger partial charge in [0.15, 0.2) is 0 Å². The third-order valence-electron chi connectivity index (χ3n) is 7.76. The van der Waals surface area contributed by atoms with Crippen molar-refractivity contribution in [2.75, 3.05) is 42.6 Å². The van der Waals surface area contributed by atoms with Crippen molar-refractivity contribution >= 4 is 17.3 Å². The highest BCUT2D eigenvalue weighted by molar-refractivity contribution is 5.77. The van der Waals surface area contributed by atoms with Crippen LogP contribution in [0.15, 0.2) is 35.3 Å². The van der Waals surface area contributed by atoms with Crippen LogP contribution in [0.3, 0.4) is 0 Å². The number of nitrogens with one attached hydrogen (secondary N) is 1. The summed E-state index contributed by atoms with van der Waals surface area (Å²) >= 11 is 0. The fraction of sp³-hybridized carbons (Fsp3) is 0.538. The van der Waals surface area contributed by atoms with Crippen LogP contribution in [0.4, 0.5) is 11.4 Å². The summed E-state index contributed by atoms with van der Waals surface area (Å²) < 4.78 is 5.96. The van der Waals surface area contributed by atoms with E-state index >= 15 is 0 Å². The third kappa shape index (κ3) is 4.63. The summed E-state index contributed by atoms with van der Waals surface area (Å²) in [5.41, 5.74) is 3.18. The van der Waals surface area contributed by atoms with Gasteiger partial charge in [-0.15, -0.1) is 0 Å². The molecule has 184 valence electrons. The summed E-state index contributed by atoms with van der Waals surface area (Å²) in [6.45, 7) is 5.36. The van der Waals surface area contributed by atoms with Crippen molar-refractivity contribution in [2.45, 2.75) is 57.2 Å². The highest BCUT2D eigenvalue weighted by Crippen LogP contribution is 2.35. The highest BCUT2D eigenvalue weighted by Gasteiger charge is 2.44. The van der Waals surface area contributed by atoms with E-state index in [1.165, 1.54) is 0 Å². The van der Waals surface area contributed by atoms with Gasteiger partial charge < -0.3 is 19.4 Å². The van der Waals surface area contributed by atoms with E-state index in [0.29, 0.717) is 36.8 Å². The molecular formula is C26H32N6O3. The summed E-state index contributed by atoms with van der Waals surface area (Å²) in [7, 11) is 0. The molecule has 3 atom stereocenters. The number of amides is 1. The SMILES string of the molecule is Cc1c(N2CCC[C@H]2COCCC(=O)N2CCC3C2CCN3c2ccc(C#N)cc2)cn[nH]c1=O. The zero-order valence-electron chi connectivity index (χ0n) is 20.2. The average molecular weight is 477 g/mol. The number of nitrogens with zero attached hydrogens (tertiary/aromatic N) is 5. The summed E-state index contributed by atoms with van der Waals surface area (Å²) in [4.78, 5) is 31.6. The van der Waals surface area contributed by atoms with E-state index in [4.69, 9.17) is 10.00 Å². The molecule has 0 bridgehead atoms. The van der Waals surface area contributed by atoms with Crippen LogP contribution in [0.1, 0.15) is 43.2 Å². The van der Waals surface area contributed by atoms with Crippen LogP contribution in [0, 0.1) is 18.3 Å². The average Bonchev–Trinajstić information content (AvgIpc) is 3.60. The Morgan fingerprint density at radius 1 is 1.14 bits per heavy atom. The van der Waals surface area contributed by atoms with Gasteiger partial charge >= 0.3 is 0 Å². The number of carbonyl (C=O) groups is 1. The maximum atomic E-state index is 13.0. The Bertz CT molecular complexity index is 1160. The fourth-order valence-electron chi connectivity index (χ4n) is 5.93. The Morgan fingerprint density at radius 3 is 2.74 bits per heavy atom. The quantitative estimate of drug-likeness (QED) is 0.611. The standard InChI is InChI=1S/C26H32N6O3/c1-18-24(16-28-29-26(18)34)30-11-2-3-21(30)17-35-14-10-25(33)32-13-9-22-23(32)8-12-31(22)20-6-4-19(15-27)5-7-20/h4-7,16,21-23H,2-3,8-14,17H2,1H3,(H,29,34)/t21-,22?,23?/m0/s1. The predicted molar refractivity (Wildman–Crippen MR) is 132 cm³/mol. The first kappa shape index (κ1) is 23.4. The van der Waals surface area contributed by atoms with E-state index in [0.717, 1.165) is 56.7 Å². The molecule has 4 heterocycles. The van der Waals surface area contributed by atoms with Gasteiger partial charge in [-0.2, -0.15) is 10.4 Å². The van der Waals surface area contributed by atoms with Gasteiger partial charge in [-0.1, -0.05) is 0 Å². The number of aromatic amines is 1. The molecule has 1 aromatic carbocycles. The van der Waals surface area contributed by atoms with Gasteiger partial charge in [0.05, 0.1) is 61.3 Å². The summed E-state index contributed by atoms with van der Waals surface area (Å²) in [5.74, 6) is 0.164. The Balaban J connectivity index is 1.11. The number of H-pyrrole nitrogens is 1. The van der Waals surface area contributed by atoms with Crippen molar-refractivity contribution < 1.29 is 9.53 Å². The molecule has 0 radical (unpaired) electrons. The maximum absolute atomic E-state index is 13.0. The first-order valence-electron chi connectivity index (χ1n) is 12.5. The van der Waals surface area contributed by atoms with Gasteiger partial charge in [0, 0.05) is 30.9 Å². The predicted octanol–water partition coefficient (Wildman–Crippen LogP) is 2.21. The lowest BCUT2D eigenvalue weighted by Gasteiger charge is -2.28. The summed E-state index contributed by atoms with van der Waals surface area (Å²) in [5, 5.41) is 15.5. The molecule has 1 aromatic heterocycles. The van der Waals surface area contributed by atoms with Crippen LogP contribution in [0.25, 0.3) is 0 Å². The van der Waals surface area contributed by atoms with Crippen molar-refractivity contribution in [3.63, 3.8) is 0 Å². The molecule has 1 N–H and O–H groups in total. The lowest BCUT2D eigenvalue weighted by molar-refractivity contribution is -0.133. The Hall–Kier alpha value is -3.38. The van der Waals surface area contributed by atoms with Gasteiger partial charge in [0.1, 0.15) is 0 Å². The number of fused-ring (bicyclic) bond motifs is 1. The number of hydrogen-bond acceptors (Lipinski definition) is 7. The number of carbonyl (C=O) groups excluding carboxylic acids is 1. The molecule has 1 amide bonds. The lowest BCUT2D eigenvalue weighted by Crippen LogP contribution is -2.40. The highest BCUT2D eigenvalue weighted by atomic mass is 16.5. The molecule has 2 aromatic rings. The minimum absolute atomic E-state index is 0.159. The second-order valence-corrected chi connectivity index (χ2v) is 9.67. The topological polar surface area (TPSA) is 106 Å². The molecule has 2 unspecified atom stereocenters. The Kier molecular flexibility index (Phi) is 6.73. The van der Waals surface area contributed by atoms with E-state index < -0.39 is 0 Å². The zero-order valence-corrected chi connectivity index (χ0v) is 20.2. The second-order valence-electron chi connectivity index (χ2n) is 9.67. The zero-order chi connectivity index (χ0) is 24.4. The van der Waals surface area contributed by atoms with Crippen molar-refractivity contribution in [2.24, 2.45) is 0 Å². The number of nitriles is 1. The van der Waals surface area contributed by atoms with E-state index in [2.05, 4.69) is 26.1 Å². The largest absolute Gasteiger partial charge is 0.379 e. The molecular weight excluding hydrogens is 444 g/mol. The monoisotopic (exact) mass is 476 g/mol. The molecule has 9 heteroatoms. The molecule has 3 saturated heterocycles. The van der Waals surface area contributed by atoms with Crippen LogP contribution in [0.5, 0.6) is 0 Å². The Labute approximate surface area is 205 Å². The van der Waals surface area contributed by atoms with Crippen molar-refractivity contribution in [1.82, 2.24) is 15.1 Å². The minimum Gasteiger partial charge on any atom is -0.379 e. The number of rotatable bonds is 7. The van der Waals surface area contributed by atoms with Crippen LogP contribution in [-0.2, 0) is 9.53 Å². The van der Waals surface area contributed by atoms with Crippen molar-refractivity contribution in [3.8, 4) is 6.07 Å². The Morgan fingerprint density at radius 2 is 1.94 bits per heavy atom. The molecule has 3 aliphatic heterocycles. The minimum atomic E-state index is -0.159. The van der Waals surface area contributed by atoms with Gasteiger partial charge in [-0.25, -0.2) is 5.10 Å². The molecule has 9 nitrogen and oxygen atoms in total. The second kappa shape index (κ2) is 10.1. The molecule has 3 aliphatic rings. The van der Waals surface area contributed by atoms with E-state index in [1.54, 1.807) is 6.20 Å². The maximum Gasteiger partial charge on any atom is 0.269 e. The lowest BCUT2D eigenvalue weighted by atomic mass is 10.1. The molecule has 3 fully saturated rings. The number of hydrogen-bond donors (Lipinski definition) is 1. The fourth-order valence-corrected chi connectivity index (χ4v) is 5.93. The molecule has 0 spiro atoms. The van der Waals surface area contributed by atoms with Crippen LogP contribution < -0.4 is 15.4 Å². The van der Waals surface area contributed by atoms with Crippen LogP contribution >= 0.6 is 0 Å². The van der Waals surface area contributed by atoms with E-state index in [9.17, 15) is 9.59 Å². The number of ether oxygens (including phenoxy) is 1. The number of aromatic nitrogens is 2. The number of anilines is 2. The molecule has 5 rings (SSSR count). The van der Waals surface area contributed by atoms with Crippen molar-refractivity contribution in [1.29, 1.82) is 5.26 Å². The number of likely N-dealkylation sites (tertiary alicyclic amines) is 1.